The van der Waals surface area contributed by atoms with Gasteiger partial charge < -0.3 is 5.32 Å². The molecule has 0 fully saturated rings. The Bertz CT molecular complexity index is 612. The van der Waals surface area contributed by atoms with Gasteiger partial charge in [-0.1, -0.05) is 23.2 Å². The molecule has 2 unspecified atom stereocenters. The molecule has 1 N–H and O–H groups in total. The van der Waals surface area contributed by atoms with Crippen LogP contribution in [0.15, 0.2) is 35.2 Å². The van der Waals surface area contributed by atoms with Crippen molar-refractivity contribution in [2.75, 3.05) is 5.75 Å². The molecule has 1 aromatic carbocycles. The van der Waals surface area contributed by atoms with Gasteiger partial charge in [-0.25, -0.2) is 0 Å². The molecule has 20 heavy (non-hydrogen) atoms. The Morgan fingerprint density at radius 3 is 2.85 bits per heavy atom. The Kier molecular flexibility index (Phi) is 4.63. The van der Waals surface area contributed by atoms with Crippen molar-refractivity contribution in [1.82, 2.24) is 5.32 Å². The van der Waals surface area contributed by atoms with Crippen LogP contribution < -0.4 is 5.32 Å². The van der Waals surface area contributed by atoms with E-state index in [1.807, 2.05) is 23.9 Å². The van der Waals surface area contributed by atoms with Crippen molar-refractivity contribution < 1.29 is 0 Å². The number of hydrogen-bond acceptors (Lipinski definition) is 3. The van der Waals surface area contributed by atoms with Gasteiger partial charge in [0.1, 0.15) is 0 Å². The van der Waals surface area contributed by atoms with Crippen LogP contribution in [0.3, 0.4) is 0 Å². The molecule has 1 aliphatic heterocycles. The minimum atomic E-state index is 0.299. The van der Waals surface area contributed by atoms with E-state index >= 15 is 0 Å². The number of halogens is 2. The lowest BCUT2D eigenvalue weighted by atomic mass is 10.0. The molecule has 0 saturated heterocycles. The first-order valence-corrected chi connectivity index (χ1v) is 9.13. The second kappa shape index (κ2) is 6.29. The molecule has 1 aliphatic rings. The van der Waals surface area contributed by atoms with Crippen molar-refractivity contribution in [3.05, 3.63) is 50.1 Å². The summed E-state index contributed by atoms with van der Waals surface area (Å²) in [4.78, 5) is 2.62. The maximum atomic E-state index is 6.15. The maximum Gasteiger partial charge on any atom is 0.0931 e. The minimum Gasteiger partial charge on any atom is -0.303 e. The molecule has 5 heteroatoms. The van der Waals surface area contributed by atoms with Gasteiger partial charge in [-0.05, 0) is 55.0 Å². The monoisotopic (exact) mass is 343 g/mol. The zero-order chi connectivity index (χ0) is 14.1. The number of nitrogens with one attached hydrogen (secondary N) is 1. The predicted octanol–water partition coefficient (Wildman–Crippen LogP) is 5.94. The standard InChI is InChI=1S/C15H15Cl2NS2/c1-9(13-4-5-15(17)20-13)18-12-6-7-19-14-3-2-10(16)8-11(12)14/h2-5,8-9,12,18H,6-7H2,1H3. The highest BCUT2D eigenvalue weighted by Crippen LogP contribution is 2.39. The summed E-state index contributed by atoms with van der Waals surface area (Å²) in [5.41, 5.74) is 1.32. The third kappa shape index (κ3) is 3.18. The molecular formula is C15H15Cl2NS2. The van der Waals surface area contributed by atoms with E-state index in [1.165, 1.54) is 15.3 Å². The smallest absolute Gasteiger partial charge is 0.0931 e. The van der Waals surface area contributed by atoms with Gasteiger partial charge >= 0.3 is 0 Å². The summed E-state index contributed by atoms with van der Waals surface area (Å²) in [6, 6.07) is 10.9. The molecule has 0 amide bonds. The average Bonchev–Trinajstić information content (AvgIpc) is 2.86. The molecule has 2 aromatic rings. The van der Waals surface area contributed by atoms with Crippen LogP contribution in [0, 0.1) is 0 Å². The molecule has 0 aliphatic carbocycles. The average molecular weight is 344 g/mol. The van der Waals surface area contributed by atoms with Crippen LogP contribution in [0.5, 0.6) is 0 Å². The fraction of sp³-hybridized carbons (Fsp3) is 0.333. The van der Waals surface area contributed by atoms with Gasteiger partial charge in [0.05, 0.1) is 4.34 Å². The second-order valence-electron chi connectivity index (χ2n) is 4.90. The number of hydrogen-bond donors (Lipinski definition) is 1. The van der Waals surface area contributed by atoms with Crippen LogP contribution in [0.1, 0.15) is 35.9 Å². The second-order valence-corrected chi connectivity index (χ2v) is 8.22. The first-order chi connectivity index (χ1) is 9.63. The molecule has 2 atom stereocenters. The summed E-state index contributed by atoms with van der Waals surface area (Å²) in [7, 11) is 0. The number of thiophene rings is 1. The van der Waals surface area contributed by atoms with Crippen LogP contribution in [-0.2, 0) is 0 Å². The largest absolute Gasteiger partial charge is 0.303 e. The van der Waals surface area contributed by atoms with Crippen molar-refractivity contribution in [2.45, 2.75) is 30.3 Å². The third-order valence-electron chi connectivity index (χ3n) is 3.48. The SMILES string of the molecule is CC(NC1CCSc2ccc(Cl)cc21)c1ccc(Cl)s1. The molecule has 1 nitrogen and oxygen atoms in total. The van der Waals surface area contributed by atoms with E-state index in [0.29, 0.717) is 12.1 Å². The summed E-state index contributed by atoms with van der Waals surface area (Å²) < 4.78 is 0.844. The van der Waals surface area contributed by atoms with Crippen molar-refractivity contribution in [3.8, 4) is 0 Å². The summed E-state index contributed by atoms with van der Waals surface area (Å²) in [6.07, 6.45) is 1.13. The van der Waals surface area contributed by atoms with E-state index in [9.17, 15) is 0 Å². The fourth-order valence-electron chi connectivity index (χ4n) is 2.48. The van der Waals surface area contributed by atoms with E-state index in [2.05, 4.69) is 30.4 Å². The summed E-state index contributed by atoms with van der Waals surface area (Å²) in [5, 5.41) is 4.52. The molecule has 106 valence electrons. The quantitative estimate of drug-likeness (QED) is 0.739. The Hall–Kier alpha value is -0.190. The molecule has 0 radical (unpaired) electrons. The number of thioether (sulfide) groups is 1. The zero-order valence-electron chi connectivity index (χ0n) is 11.0. The highest BCUT2D eigenvalue weighted by molar-refractivity contribution is 7.99. The number of fused-ring (bicyclic) bond motifs is 1. The van der Waals surface area contributed by atoms with Crippen molar-refractivity contribution in [3.63, 3.8) is 0 Å². The Balaban J connectivity index is 1.80. The normalized spacial score (nSPS) is 19.6. The van der Waals surface area contributed by atoms with Crippen LogP contribution in [0.4, 0.5) is 0 Å². The fourth-order valence-corrected chi connectivity index (χ4v) is 4.84. The molecule has 2 heterocycles. The topological polar surface area (TPSA) is 12.0 Å². The van der Waals surface area contributed by atoms with Gasteiger partial charge in [-0.15, -0.1) is 23.1 Å². The first kappa shape index (κ1) is 14.7. The Morgan fingerprint density at radius 1 is 1.25 bits per heavy atom. The zero-order valence-corrected chi connectivity index (χ0v) is 14.2. The number of benzene rings is 1. The van der Waals surface area contributed by atoms with Gasteiger partial charge in [0, 0.05) is 26.9 Å². The van der Waals surface area contributed by atoms with Crippen LogP contribution >= 0.6 is 46.3 Å². The van der Waals surface area contributed by atoms with Crippen LogP contribution in [0.2, 0.25) is 9.36 Å². The van der Waals surface area contributed by atoms with Gasteiger partial charge in [0.2, 0.25) is 0 Å². The van der Waals surface area contributed by atoms with E-state index < -0.39 is 0 Å². The molecule has 0 spiro atoms. The van der Waals surface area contributed by atoms with Gasteiger partial charge in [0.25, 0.3) is 0 Å². The van der Waals surface area contributed by atoms with E-state index in [1.54, 1.807) is 11.3 Å². The van der Waals surface area contributed by atoms with E-state index in [-0.39, 0.29) is 0 Å². The molecule has 0 saturated carbocycles. The number of rotatable bonds is 3. The highest BCUT2D eigenvalue weighted by Gasteiger charge is 2.23. The molecule has 3 rings (SSSR count). The predicted molar refractivity (Wildman–Crippen MR) is 90.4 cm³/mol. The Morgan fingerprint density at radius 2 is 2.10 bits per heavy atom. The van der Waals surface area contributed by atoms with Crippen LogP contribution in [0.25, 0.3) is 0 Å². The van der Waals surface area contributed by atoms with E-state index in [4.69, 9.17) is 23.2 Å². The van der Waals surface area contributed by atoms with Gasteiger partial charge in [-0.2, -0.15) is 0 Å². The molecule has 1 aromatic heterocycles. The van der Waals surface area contributed by atoms with Crippen molar-refractivity contribution >= 4 is 46.3 Å². The van der Waals surface area contributed by atoms with Crippen molar-refractivity contribution in [2.24, 2.45) is 0 Å². The summed E-state index contributed by atoms with van der Waals surface area (Å²) >= 11 is 15.7. The molecular weight excluding hydrogens is 329 g/mol. The van der Waals surface area contributed by atoms with Gasteiger partial charge in [0.15, 0.2) is 0 Å². The van der Waals surface area contributed by atoms with Crippen molar-refractivity contribution in [1.29, 1.82) is 0 Å². The lowest BCUT2D eigenvalue weighted by Gasteiger charge is -2.28. The highest BCUT2D eigenvalue weighted by atomic mass is 35.5. The lowest BCUT2D eigenvalue weighted by molar-refractivity contribution is 0.454. The Labute approximate surface area is 137 Å². The third-order valence-corrected chi connectivity index (χ3v) is 6.25. The maximum absolute atomic E-state index is 6.15. The first-order valence-electron chi connectivity index (χ1n) is 6.57. The molecule has 0 bridgehead atoms. The van der Waals surface area contributed by atoms with E-state index in [0.717, 1.165) is 21.5 Å². The summed E-state index contributed by atoms with van der Waals surface area (Å²) in [5.74, 6) is 1.14. The lowest BCUT2D eigenvalue weighted by Crippen LogP contribution is -2.26. The minimum absolute atomic E-state index is 0.299. The van der Waals surface area contributed by atoms with Gasteiger partial charge in [-0.3, -0.25) is 0 Å². The van der Waals surface area contributed by atoms with Crippen LogP contribution in [-0.4, -0.2) is 5.75 Å². The summed E-state index contributed by atoms with van der Waals surface area (Å²) in [6.45, 7) is 2.19.